The molecule has 1 fully saturated rings. The predicted octanol–water partition coefficient (Wildman–Crippen LogP) is 12.3. The number of alkyl halides is 1. The summed E-state index contributed by atoms with van der Waals surface area (Å²) in [6.45, 7) is 12.0. The first-order valence-corrected chi connectivity index (χ1v) is 30.2. The summed E-state index contributed by atoms with van der Waals surface area (Å²) in [7, 11) is 10.3. The number of imidazole rings is 1. The van der Waals surface area contributed by atoms with Gasteiger partial charge >= 0.3 is 17.9 Å². The van der Waals surface area contributed by atoms with Crippen LogP contribution in [0.25, 0.3) is 16.9 Å². The molecular formula is C72H84BrN7O11. The number of carboxylic acid groups (broad SMARTS) is 1. The van der Waals surface area contributed by atoms with Crippen molar-refractivity contribution in [2.24, 2.45) is 0 Å². The lowest BCUT2D eigenvalue weighted by Crippen LogP contribution is -2.27. The predicted molar refractivity (Wildman–Crippen MR) is 360 cm³/mol. The maximum Gasteiger partial charge on any atom is 0.314 e. The Bertz CT molecular complexity index is 3610. The normalized spacial score (nSPS) is 11.1. The highest BCUT2D eigenvalue weighted by molar-refractivity contribution is 9.10. The number of likely N-dealkylation sites (N-methyl/N-ethyl adjacent to an activating group) is 1. The number of nitrogen functional groups attached to an aromatic ring is 1. The zero-order valence-electron chi connectivity index (χ0n) is 54.1. The van der Waals surface area contributed by atoms with Crippen LogP contribution in [0.5, 0.6) is 0 Å². The molecule has 9 rings (SSSR count). The monoisotopic (exact) mass is 1330 g/mol. The summed E-state index contributed by atoms with van der Waals surface area (Å²) in [5.41, 5.74) is 17.9. The summed E-state index contributed by atoms with van der Waals surface area (Å²) in [5.74, 6) is -1.31. The molecule has 480 valence electrons. The van der Waals surface area contributed by atoms with Crippen molar-refractivity contribution in [1.82, 2.24) is 29.1 Å². The van der Waals surface area contributed by atoms with Gasteiger partial charge in [-0.15, -0.1) is 0 Å². The van der Waals surface area contributed by atoms with Gasteiger partial charge in [-0.3, -0.25) is 43.2 Å². The third-order valence-electron chi connectivity index (χ3n) is 13.3. The standard InChI is InChI=1S/C18H19N3O.C13H16BrNO2.C13H17NO2.C11H12O3.C7H8.C6H8N2.C4H4O3/c1-13-7-9-14(10-8-13)18-15(12-17(22)20(2)3)21-11-5-4-6-16(21)19-18;1-9-4-6-10(7-5-9)13(17)11(14)8-12(16)15(2)3;1-10-4-6-11(7-5-10)12(15)8-9-13(16)14(2)3;1-8-2-4-9(5-3-8)10(12)6-7-11(13)14;1-7-5-3-2-4-6-7;1-5-2-3-6(7)8-4-5;5-3-1-2-4(6)7-3/h4-11H,12H2,1-3H3;4-7,11H,8H2,1-3H3;4-7H,8-9H2,1-3H3;2-5H,6-7H2,1H3,(H,13,14);2-6H,1H3;2-4H,1H3,(H2,7,8);1-2H2/i7+1,8+1,9+1,10+1,13+1,14+1;4+1,5+1,6+1,7+1,9+1,10+1;4+1,5+1,6+1,7+1,10+1,11+1;2+1,3+1,4+1,5+1,8+1,9+1;2+1,3+1,4+1,5+1,6+1,7+1;;. The second-order valence-electron chi connectivity index (χ2n) is 21.9. The number of nitrogens with zero attached hydrogens (tertiary/aromatic N) is 6. The molecule has 4 heterocycles. The number of hydrogen-bond acceptors (Lipinski definition) is 13. The first kappa shape index (κ1) is 75.5. The maximum absolute atomic E-state index is 12.2. The van der Waals surface area contributed by atoms with E-state index >= 15 is 0 Å². The van der Waals surface area contributed by atoms with Crippen LogP contribution in [0.1, 0.15) is 115 Å². The number of anilines is 1. The Morgan fingerprint density at radius 3 is 1.35 bits per heavy atom. The highest BCUT2D eigenvalue weighted by Gasteiger charge is 2.22. The molecule has 0 aliphatic carbocycles. The topological polar surface area (TPSA) is 249 Å². The van der Waals surface area contributed by atoms with E-state index in [0.29, 0.717) is 28.9 Å². The Morgan fingerprint density at radius 1 is 0.527 bits per heavy atom. The van der Waals surface area contributed by atoms with E-state index in [4.69, 9.17) is 15.8 Å². The number of halogens is 1. The van der Waals surface area contributed by atoms with E-state index in [1.54, 1.807) is 95.8 Å². The number of Topliss-reactive ketones (excluding diaryl/α,β-unsaturated/α-hetero) is 3. The Kier molecular flexibility index (Phi) is 32.6. The lowest BCUT2D eigenvalue weighted by Gasteiger charge is -2.13. The number of ketones is 3. The van der Waals surface area contributed by atoms with Gasteiger partial charge in [-0.2, -0.15) is 0 Å². The van der Waals surface area contributed by atoms with Crippen LogP contribution in [0.4, 0.5) is 5.82 Å². The molecule has 1 atom stereocenters. The minimum absolute atomic E-state index is 0.0135. The number of nitrogens with two attached hydrogens (primary N) is 1. The molecule has 1 saturated heterocycles. The van der Waals surface area contributed by atoms with Crippen molar-refractivity contribution in [3.8, 4) is 11.3 Å². The highest BCUT2D eigenvalue weighted by atomic mass is 79.9. The third-order valence-corrected chi connectivity index (χ3v) is 14.0. The number of benzene rings is 5. The van der Waals surface area contributed by atoms with Crippen molar-refractivity contribution in [3.63, 3.8) is 0 Å². The van der Waals surface area contributed by atoms with E-state index < -0.39 is 22.7 Å². The molecule has 8 aromatic rings. The number of cyclic esters (lactones) is 2. The summed E-state index contributed by atoms with van der Waals surface area (Å²) in [6, 6.07) is 50.0. The van der Waals surface area contributed by atoms with E-state index in [1.165, 1.54) is 20.9 Å². The molecule has 1 unspecified atom stereocenters. The van der Waals surface area contributed by atoms with Crippen LogP contribution in [-0.2, 0) is 39.9 Å². The Hall–Kier alpha value is -9.75. The maximum atomic E-state index is 12.2. The number of hydrogen-bond donors (Lipinski definition) is 2. The molecule has 0 radical (unpaired) electrons. The number of carbonyl (C=O) groups excluding carboxylic acids is 8. The van der Waals surface area contributed by atoms with Crippen LogP contribution in [0, 0.1) is 41.5 Å². The molecule has 18 nitrogen and oxygen atoms in total. The molecule has 3 amide bonds. The van der Waals surface area contributed by atoms with E-state index in [2.05, 4.69) is 75.9 Å². The number of fused-ring (bicyclic) bond motifs is 1. The largest absolute Gasteiger partial charge is 0.481 e. The summed E-state index contributed by atoms with van der Waals surface area (Å²) < 4.78 is 6.08. The van der Waals surface area contributed by atoms with Crippen molar-refractivity contribution in [3.05, 3.63) is 226 Å². The van der Waals surface area contributed by atoms with Crippen LogP contribution in [-0.4, -0.2) is 134 Å². The first-order chi connectivity index (χ1) is 43.0. The zero-order valence-corrected chi connectivity index (χ0v) is 55.7. The number of esters is 2. The zero-order chi connectivity index (χ0) is 67.7. The van der Waals surface area contributed by atoms with Gasteiger partial charge in [-0.05, 0) is 65.3 Å². The molecule has 1 aliphatic heterocycles. The fraction of sp³-hybridized carbons (Fsp3) is 0.292. The van der Waals surface area contributed by atoms with E-state index in [9.17, 15) is 43.2 Å². The Labute approximate surface area is 542 Å². The number of carboxylic acids is 1. The first-order valence-electron chi connectivity index (χ1n) is 29.3. The van der Waals surface area contributed by atoms with Crippen LogP contribution in [0.15, 0.2) is 170 Å². The smallest absolute Gasteiger partial charge is 0.314 e. The lowest BCUT2D eigenvalue weighted by atomic mass is 10.2. The van der Waals surface area contributed by atoms with Gasteiger partial charge in [0.1, 0.15) is 11.5 Å². The lowest BCUT2D eigenvalue weighted by molar-refractivity contribution is -0.152. The molecule has 0 spiro atoms. The molecule has 5 aromatic carbocycles. The Balaban J connectivity index is 0.000000287. The molecule has 3 N–H and O–H groups in total. The number of pyridine rings is 2. The minimum atomic E-state index is -0.939. The quantitative estimate of drug-likeness (QED) is 0.0419. The SMILES string of the molecule is C[13c]1[13cH][13cH][13cH][13cH][13cH]1.C[13c]1[13cH][13cH][13c](-c2nc3ccccn3c2CC(=O)N(C)C)[13cH][13cH]1.C[13c]1[13cH][13cH][13c](C(=O)C(Br)CC(=O)N(C)C)[13cH][13cH]1.C[13c]1[13cH][13cH][13c](C(=O)CCC(=O)N(C)C)[13cH][13cH]1.C[13c]1[13cH][13cH][13c](C(=O)CCC(=O)O)[13cH][13cH]1.Cc1ccc(N)nc1.O=C1CCC(=O)O1. The molecule has 1 aliphatic rings. The number of aryl methyl sites for hydroxylation is 6. The summed E-state index contributed by atoms with van der Waals surface area (Å²) in [6.07, 6.45) is 5.26. The van der Waals surface area contributed by atoms with Gasteiger partial charge in [0.15, 0.2) is 17.3 Å². The Morgan fingerprint density at radius 2 is 0.956 bits per heavy atom. The summed E-state index contributed by atoms with van der Waals surface area (Å²) >= 11 is 3.27. The molecular weight excluding hydrogens is 1250 g/mol. The van der Waals surface area contributed by atoms with Gasteiger partial charge in [0.05, 0.1) is 41.9 Å². The summed E-state index contributed by atoms with van der Waals surface area (Å²) in [5, 5.41) is 8.40. The van der Waals surface area contributed by atoms with Crippen molar-refractivity contribution in [1.29, 1.82) is 0 Å². The van der Waals surface area contributed by atoms with Crippen LogP contribution >= 0.6 is 15.9 Å². The molecule has 3 aromatic heterocycles. The van der Waals surface area contributed by atoms with E-state index in [-0.39, 0.29) is 80.0 Å². The average molecular weight is 1330 g/mol. The number of aromatic nitrogens is 3. The fourth-order valence-corrected chi connectivity index (χ4v) is 8.21. The van der Waals surface area contributed by atoms with E-state index in [0.717, 1.165) is 44.9 Å². The van der Waals surface area contributed by atoms with Gasteiger partial charge in [0.25, 0.3) is 0 Å². The number of amides is 3. The van der Waals surface area contributed by atoms with Crippen LogP contribution in [0.2, 0.25) is 0 Å². The van der Waals surface area contributed by atoms with Crippen LogP contribution in [0.3, 0.4) is 0 Å². The van der Waals surface area contributed by atoms with Gasteiger partial charge in [0, 0.05) is 103 Å². The fourth-order valence-electron chi connectivity index (χ4n) is 7.67. The molecule has 0 saturated carbocycles. The number of aliphatic carboxylic acids is 1. The van der Waals surface area contributed by atoms with E-state index in [1.807, 2.05) is 117 Å². The van der Waals surface area contributed by atoms with Crippen molar-refractivity contribution < 1.29 is 53.0 Å². The van der Waals surface area contributed by atoms with Gasteiger partial charge in [-0.25, -0.2) is 9.97 Å². The van der Waals surface area contributed by atoms with Crippen LogP contribution < -0.4 is 5.73 Å². The van der Waals surface area contributed by atoms with Crippen molar-refractivity contribution in [2.45, 2.75) is 97.7 Å². The second-order valence-corrected chi connectivity index (χ2v) is 23.0. The molecule has 0 bridgehead atoms. The third kappa shape index (κ3) is 29.0. The van der Waals surface area contributed by atoms with Gasteiger partial charge in [-0.1, -0.05) is 183 Å². The molecule has 91 heavy (non-hydrogen) atoms. The van der Waals surface area contributed by atoms with Gasteiger partial charge in [0.2, 0.25) is 17.7 Å². The second kappa shape index (κ2) is 39.3. The minimum Gasteiger partial charge on any atom is -0.481 e. The number of rotatable bonds is 15. The van der Waals surface area contributed by atoms with Crippen molar-refractivity contribution >= 4 is 80.4 Å². The number of ether oxygens (including phenoxy) is 1. The van der Waals surface area contributed by atoms with Gasteiger partial charge < -0.3 is 34.7 Å². The molecule has 19 heteroatoms. The average Bonchev–Trinajstić information content (AvgIpc) is 1.70. The highest BCUT2D eigenvalue weighted by Crippen LogP contribution is 2.26. The van der Waals surface area contributed by atoms with Crippen molar-refractivity contribution in [2.75, 3.05) is 48.0 Å². The summed E-state index contributed by atoms with van der Waals surface area (Å²) in [4.78, 5) is 113. The number of carbonyl (C=O) groups is 9.